The van der Waals surface area contributed by atoms with Gasteiger partial charge >= 0.3 is 5.97 Å². The van der Waals surface area contributed by atoms with Crippen LogP contribution in [0, 0.1) is 0 Å². The molecule has 0 saturated carbocycles. The highest BCUT2D eigenvalue weighted by Gasteiger charge is 2.22. The number of para-hydroxylation sites is 1. The van der Waals surface area contributed by atoms with E-state index in [-0.39, 0.29) is 6.54 Å². The van der Waals surface area contributed by atoms with Crippen molar-refractivity contribution in [1.29, 1.82) is 0 Å². The summed E-state index contributed by atoms with van der Waals surface area (Å²) in [6.07, 6.45) is 4.53. The summed E-state index contributed by atoms with van der Waals surface area (Å²) in [5.74, 6) is -0.713. The molecule has 152 valence electrons. The van der Waals surface area contributed by atoms with Crippen LogP contribution in [0.1, 0.15) is 12.0 Å². The van der Waals surface area contributed by atoms with Crippen LogP contribution >= 0.6 is 11.8 Å². The number of hydrogen-bond donors (Lipinski definition) is 4. The van der Waals surface area contributed by atoms with Crippen molar-refractivity contribution in [3.05, 3.63) is 36.0 Å². The molecule has 0 aliphatic carbocycles. The molecule has 0 spiro atoms. The number of esters is 1. The number of carbonyl (C=O) groups excluding carboxylic acids is 3. The predicted molar refractivity (Wildman–Crippen MR) is 110 cm³/mol. The number of nitrogens with one attached hydrogen (secondary N) is 3. The van der Waals surface area contributed by atoms with Gasteiger partial charge in [-0.25, -0.2) is 4.79 Å². The van der Waals surface area contributed by atoms with Gasteiger partial charge in [0.15, 0.2) is 0 Å². The fraction of sp³-hybridized carbons (Fsp3) is 0.421. The smallest absolute Gasteiger partial charge is 0.328 e. The number of amides is 2. The number of aromatic amines is 1. The van der Waals surface area contributed by atoms with E-state index in [0.717, 1.165) is 16.5 Å². The number of thioether (sulfide) groups is 1. The highest BCUT2D eigenvalue weighted by Crippen LogP contribution is 2.18. The zero-order chi connectivity index (χ0) is 20.5. The summed E-state index contributed by atoms with van der Waals surface area (Å²) in [6, 6.07) is 6.23. The molecule has 0 aliphatic heterocycles. The number of H-pyrrole nitrogens is 1. The zero-order valence-corrected chi connectivity index (χ0v) is 16.8. The number of ether oxygens (including phenoxy) is 1. The molecule has 0 unspecified atom stereocenters. The van der Waals surface area contributed by atoms with Crippen LogP contribution in [0.4, 0.5) is 0 Å². The second-order valence-corrected chi connectivity index (χ2v) is 7.30. The molecule has 8 nitrogen and oxygen atoms in total. The Kier molecular flexibility index (Phi) is 8.34. The first-order valence-electron chi connectivity index (χ1n) is 8.90. The minimum atomic E-state index is -0.792. The van der Waals surface area contributed by atoms with Gasteiger partial charge in [0.1, 0.15) is 6.04 Å². The third kappa shape index (κ3) is 6.00. The first-order chi connectivity index (χ1) is 13.5. The molecular weight excluding hydrogens is 380 g/mol. The molecule has 2 aromatic rings. The number of benzene rings is 1. The summed E-state index contributed by atoms with van der Waals surface area (Å²) in [6.45, 7) is -0.257. The molecule has 9 heteroatoms. The monoisotopic (exact) mass is 406 g/mol. The van der Waals surface area contributed by atoms with Crippen LogP contribution in [0.5, 0.6) is 0 Å². The molecule has 1 aromatic heterocycles. The Bertz CT molecular complexity index is 823. The average Bonchev–Trinajstić information content (AvgIpc) is 3.11. The molecule has 0 aliphatic rings. The van der Waals surface area contributed by atoms with Crippen LogP contribution in [0.2, 0.25) is 0 Å². The van der Waals surface area contributed by atoms with E-state index in [0.29, 0.717) is 18.6 Å². The molecule has 0 saturated heterocycles. The maximum absolute atomic E-state index is 12.2. The number of carbonyl (C=O) groups is 3. The Morgan fingerprint density at radius 1 is 1.29 bits per heavy atom. The van der Waals surface area contributed by atoms with Crippen LogP contribution < -0.4 is 16.4 Å². The summed E-state index contributed by atoms with van der Waals surface area (Å²) in [7, 11) is 1.27. The SMILES string of the molecule is COC(=O)[C@H](CCSC)NC(=O)CNC(=O)[C@@H](N)Cc1c[nH]c2ccccc12. The van der Waals surface area contributed by atoms with Gasteiger partial charge in [0.2, 0.25) is 11.8 Å². The molecule has 0 radical (unpaired) electrons. The van der Waals surface area contributed by atoms with E-state index in [1.165, 1.54) is 7.11 Å². The number of rotatable bonds is 10. The van der Waals surface area contributed by atoms with Gasteiger partial charge in [0, 0.05) is 17.1 Å². The predicted octanol–water partition coefficient (Wildman–Crippen LogP) is 0.565. The lowest BCUT2D eigenvalue weighted by Crippen LogP contribution is -2.49. The molecule has 5 N–H and O–H groups in total. The topological polar surface area (TPSA) is 126 Å². The Morgan fingerprint density at radius 3 is 2.75 bits per heavy atom. The molecule has 2 amide bonds. The molecule has 2 rings (SSSR count). The lowest BCUT2D eigenvalue weighted by molar-refractivity contribution is -0.145. The minimum Gasteiger partial charge on any atom is -0.467 e. The van der Waals surface area contributed by atoms with Crippen LogP contribution in [-0.2, 0) is 25.5 Å². The fourth-order valence-corrected chi connectivity index (χ4v) is 3.27. The summed E-state index contributed by atoms with van der Waals surface area (Å²) in [5, 5.41) is 6.11. The number of nitrogens with two attached hydrogens (primary N) is 1. The molecule has 1 aromatic carbocycles. The number of methoxy groups -OCH3 is 1. The standard InChI is InChI=1S/C19H26N4O4S/c1-27-19(26)16(7-8-28-2)23-17(24)11-22-18(25)14(20)9-12-10-21-15-6-4-3-5-13(12)15/h3-6,10,14,16,21H,7-9,11,20H2,1-2H3,(H,22,25)(H,23,24)/t14-,16-/m0/s1. The molecule has 1 heterocycles. The molecule has 2 atom stereocenters. The van der Waals surface area contributed by atoms with E-state index < -0.39 is 29.9 Å². The third-order valence-corrected chi connectivity index (χ3v) is 4.95. The number of aromatic nitrogens is 1. The first kappa shape index (κ1) is 21.8. The van der Waals surface area contributed by atoms with Crippen molar-refractivity contribution >= 4 is 40.4 Å². The molecular formula is C19H26N4O4S. The number of hydrogen-bond acceptors (Lipinski definition) is 6. The number of fused-ring (bicyclic) bond motifs is 1. The minimum absolute atomic E-state index is 0.257. The van der Waals surface area contributed by atoms with Gasteiger partial charge in [0.05, 0.1) is 19.7 Å². The van der Waals surface area contributed by atoms with Gasteiger partial charge in [0.25, 0.3) is 0 Å². The van der Waals surface area contributed by atoms with E-state index >= 15 is 0 Å². The normalized spacial score (nSPS) is 13.0. The van der Waals surface area contributed by atoms with Gasteiger partial charge in [-0.05, 0) is 36.5 Å². The lowest BCUT2D eigenvalue weighted by Gasteiger charge is -2.17. The van der Waals surface area contributed by atoms with Gasteiger partial charge in [-0.3, -0.25) is 9.59 Å². The molecule has 28 heavy (non-hydrogen) atoms. The fourth-order valence-electron chi connectivity index (χ4n) is 2.80. The summed E-state index contributed by atoms with van der Waals surface area (Å²) < 4.78 is 4.69. The van der Waals surface area contributed by atoms with E-state index in [1.54, 1.807) is 11.8 Å². The molecule has 0 bridgehead atoms. The lowest BCUT2D eigenvalue weighted by atomic mass is 10.1. The third-order valence-electron chi connectivity index (χ3n) is 4.31. The maximum atomic E-state index is 12.2. The highest BCUT2D eigenvalue weighted by molar-refractivity contribution is 7.98. The Balaban J connectivity index is 1.84. The Morgan fingerprint density at radius 2 is 2.04 bits per heavy atom. The Hall–Kier alpha value is -2.52. The summed E-state index contributed by atoms with van der Waals surface area (Å²) >= 11 is 1.56. The van der Waals surface area contributed by atoms with E-state index in [4.69, 9.17) is 10.5 Å². The maximum Gasteiger partial charge on any atom is 0.328 e. The second kappa shape index (κ2) is 10.7. The van der Waals surface area contributed by atoms with Gasteiger partial charge in [-0.15, -0.1) is 0 Å². The quantitative estimate of drug-likeness (QED) is 0.427. The second-order valence-electron chi connectivity index (χ2n) is 6.31. The molecule has 0 fully saturated rings. The van der Waals surface area contributed by atoms with Crippen molar-refractivity contribution in [2.45, 2.75) is 24.9 Å². The largest absolute Gasteiger partial charge is 0.467 e. The van der Waals surface area contributed by atoms with Gasteiger partial charge in [-0.2, -0.15) is 11.8 Å². The van der Waals surface area contributed by atoms with E-state index in [1.807, 2.05) is 36.7 Å². The van der Waals surface area contributed by atoms with Crippen molar-refractivity contribution in [3.8, 4) is 0 Å². The van der Waals surface area contributed by atoms with Gasteiger partial charge in [-0.1, -0.05) is 18.2 Å². The van der Waals surface area contributed by atoms with Crippen LogP contribution in [0.15, 0.2) is 30.5 Å². The van der Waals surface area contributed by atoms with Crippen LogP contribution in [-0.4, -0.2) is 60.5 Å². The van der Waals surface area contributed by atoms with Crippen molar-refractivity contribution < 1.29 is 19.1 Å². The Labute approximate surface area is 167 Å². The van der Waals surface area contributed by atoms with Crippen LogP contribution in [0.3, 0.4) is 0 Å². The van der Waals surface area contributed by atoms with E-state index in [2.05, 4.69) is 15.6 Å². The summed E-state index contributed by atoms with van der Waals surface area (Å²) in [4.78, 5) is 39.2. The van der Waals surface area contributed by atoms with Crippen molar-refractivity contribution in [3.63, 3.8) is 0 Å². The highest BCUT2D eigenvalue weighted by atomic mass is 32.2. The van der Waals surface area contributed by atoms with Crippen molar-refractivity contribution in [2.75, 3.05) is 25.7 Å². The summed E-state index contributed by atoms with van der Waals surface area (Å²) in [5.41, 5.74) is 7.90. The van der Waals surface area contributed by atoms with Gasteiger partial charge < -0.3 is 26.1 Å². The average molecular weight is 407 g/mol. The zero-order valence-electron chi connectivity index (χ0n) is 16.0. The van der Waals surface area contributed by atoms with Crippen LogP contribution in [0.25, 0.3) is 10.9 Å². The van der Waals surface area contributed by atoms with Crippen molar-refractivity contribution in [2.24, 2.45) is 5.73 Å². The van der Waals surface area contributed by atoms with E-state index in [9.17, 15) is 14.4 Å². The van der Waals surface area contributed by atoms with Crippen molar-refractivity contribution in [1.82, 2.24) is 15.6 Å². The first-order valence-corrected chi connectivity index (χ1v) is 10.3.